The summed E-state index contributed by atoms with van der Waals surface area (Å²) in [7, 11) is 0. The molecule has 0 atom stereocenters. The van der Waals surface area contributed by atoms with Gasteiger partial charge in [0.05, 0.1) is 5.69 Å². The van der Waals surface area contributed by atoms with E-state index in [1.54, 1.807) is 91.0 Å². The van der Waals surface area contributed by atoms with Gasteiger partial charge in [-0.1, -0.05) is 66.7 Å². The number of hydrogen-bond donors (Lipinski definition) is 3. The smallest absolute Gasteiger partial charge is 0.281 e. The fourth-order valence-corrected chi connectivity index (χ4v) is 2.59. The Bertz CT molecular complexity index is 987. The third kappa shape index (κ3) is 4.25. The van der Waals surface area contributed by atoms with Crippen molar-refractivity contribution in [2.24, 2.45) is 5.84 Å². The molecule has 0 heterocycles. The molecule has 3 aromatic carbocycles. The minimum atomic E-state index is -0.832. The van der Waals surface area contributed by atoms with Crippen LogP contribution < -0.4 is 16.2 Å². The van der Waals surface area contributed by atoms with Gasteiger partial charge in [0.1, 0.15) is 11.3 Å². The minimum absolute atomic E-state index is 0.329. The van der Waals surface area contributed by atoms with Gasteiger partial charge in [0, 0.05) is 11.3 Å². The van der Waals surface area contributed by atoms with Crippen molar-refractivity contribution in [2.75, 3.05) is 10.3 Å². The van der Waals surface area contributed by atoms with Crippen LogP contribution in [0.1, 0.15) is 5.56 Å². The third-order valence-electron chi connectivity index (χ3n) is 4.01. The number of hydrogen-bond acceptors (Lipinski definition) is 4. The van der Waals surface area contributed by atoms with Gasteiger partial charge in [-0.2, -0.15) is 0 Å². The van der Waals surface area contributed by atoms with E-state index in [0.29, 0.717) is 16.9 Å². The number of rotatable bonds is 5. The largest absolute Gasteiger partial charge is 0.506 e. The maximum Gasteiger partial charge on any atom is 0.281 e. The second-order valence-corrected chi connectivity index (χ2v) is 5.92. The van der Waals surface area contributed by atoms with Crippen LogP contribution in [-0.2, 0) is 9.59 Å². The van der Waals surface area contributed by atoms with Crippen LogP contribution in [-0.4, -0.2) is 16.9 Å². The fraction of sp³-hybridized carbons (Fsp3) is 0. The molecule has 140 valence electrons. The second kappa shape index (κ2) is 8.66. The Balaban J connectivity index is 2.01. The van der Waals surface area contributed by atoms with Crippen LogP contribution in [0.15, 0.2) is 96.6 Å². The number of anilines is 2. The number of hydrazine groups is 1. The molecule has 0 aliphatic carbocycles. The van der Waals surface area contributed by atoms with Crippen LogP contribution in [0.3, 0.4) is 0 Å². The van der Waals surface area contributed by atoms with Crippen molar-refractivity contribution < 1.29 is 14.7 Å². The molecule has 4 N–H and O–H groups in total. The molecule has 0 aliphatic rings. The lowest BCUT2D eigenvalue weighted by molar-refractivity contribution is -0.119. The highest BCUT2D eigenvalue weighted by molar-refractivity contribution is 6.30. The molecule has 0 unspecified atom stereocenters. The Hall–Kier alpha value is -3.90. The molecule has 0 saturated carbocycles. The van der Waals surface area contributed by atoms with Crippen LogP contribution in [0.25, 0.3) is 5.76 Å². The highest BCUT2D eigenvalue weighted by atomic mass is 16.3. The predicted octanol–water partition coefficient (Wildman–Crippen LogP) is 3.50. The van der Waals surface area contributed by atoms with Crippen LogP contribution in [0.4, 0.5) is 11.4 Å². The van der Waals surface area contributed by atoms with E-state index in [0.717, 1.165) is 5.01 Å². The van der Waals surface area contributed by atoms with E-state index < -0.39 is 23.1 Å². The van der Waals surface area contributed by atoms with Crippen molar-refractivity contribution in [3.05, 3.63) is 102 Å². The summed E-state index contributed by atoms with van der Waals surface area (Å²) in [6, 6.07) is 25.5. The summed E-state index contributed by atoms with van der Waals surface area (Å²) >= 11 is 0. The second-order valence-electron chi connectivity index (χ2n) is 5.92. The average molecular weight is 373 g/mol. The molecule has 28 heavy (non-hydrogen) atoms. The summed E-state index contributed by atoms with van der Waals surface area (Å²) in [6.45, 7) is 0. The first kappa shape index (κ1) is 18.9. The monoisotopic (exact) mass is 373 g/mol. The van der Waals surface area contributed by atoms with Gasteiger partial charge in [-0.3, -0.25) is 9.59 Å². The van der Waals surface area contributed by atoms with E-state index >= 15 is 0 Å². The number of carbonyl (C=O) groups excluding carboxylic acids is 2. The number of para-hydroxylation sites is 2. The highest BCUT2D eigenvalue weighted by Crippen LogP contribution is 2.21. The first-order valence-electron chi connectivity index (χ1n) is 8.57. The maximum absolute atomic E-state index is 13.0. The van der Waals surface area contributed by atoms with Crippen LogP contribution >= 0.6 is 0 Å². The lowest BCUT2D eigenvalue weighted by Crippen LogP contribution is -2.41. The lowest BCUT2D eigenvalue weighted by atomic mass is 10.1. The summed E-state index contributed by atoms with van der Waals surface area (Å²) < 4.78 is 0. The van der Waals surface area contributed by atoms with E-state index in [9.17, 15) is 14.7 Å². The van der Waals surface area contributed by atoms with Crippen molar-refractivity contribution in [3.8, 4) is 0 Å². The number of nitrogens with zero attached hydrogens (tertiary/aromatic N) is 1. The molecule has 0 aliphatic heterocycles. The van der Waals surface area contributed by atoms with Crippen molar-refractivity contribution in [3.63, 3.8) is 0 Å². The number of nitrogens with two attached hydrogens (primary N) is 1. The Kier molecular flexibility index (Phi) is 5.84. The molecule has 6 heteroatoms. The summed E-state index contributed by atoms with van der Waals surface area (Å²) in [5.74, 6) is 3.90. The fourth-order valence-electron chi connectivity index (χ4n) is 2.59. The number of amides is 2. The maximum atomic E-state index is 13.0. The molecule has 2 amide bonds. The SMILES string of the molecule is NN(C(=O)/C(C(=O)Nc1ccccc1)=C(/O)c1ccccc1)c1ccccc1. The number of aliphatic hydroxyl groups is 1. The van der Waals surface area contributed by atoms with Crippen molar-refractivity contribution in [1.82, 2.24) is 0 Å². The van der Waals surface area contributed by atoms with Crippen molar-refractivity contribution >= 4 is 28.9 Å². The highest BCUT2D eigenvalue weighted by Gasteiger charge is 2.28. The molecular weight excluding hydrogens is 354 g/mol. The zero-order valence-corrected chi connectivity index (χ0v) is 14.9. The summed E-state index contributed by atoms with van der Waals surface area (Å²) in [4.78, 5) is 25.9. The average Bonchev–Trinajstić information content (AvgIpc) is 2.75. The first-order valence-corrected chi connectivity index (χ1v) is 8.57. The van der Waals surface area contributed by atoms with Gasteiger partial charge in [-0.25, -0.2) is 10.9 Å². The molecular formula is C22H19N3O3. The molecule has 0 aromatic heterocycles. The van der Waals surface area contributed by atoms with Crippen LogP contribution in [0.2, 0.25) is 0 Å². The topological polar surface area (TPSA) is 95.7 Å². The molecule has 6 nitrogen and oxygen atoms in total. The summed E-state index contributed by atoms with van der Waals surface area (Å²) in [5, 5.41) is 14.2. The lowest BCUT2D eigenvalue weighted by Gasteiger charge is -2.19. The molecule has 0 radical (unpaired) electrons. The van der Waals surface area contributed by atoms with Crippen molar-refractivity contribution in [2.45, 2.75) is 0 Å². The first-order chi connectivity index (χ1) is 13.6. The number of aliphatic hydroxyl groups excluding tert-OH is 1. The standard InChI is InChI=1S/C22H19N3O3/c23-25(18-14-8-3-9-15-18)22(28)19(20(26)16-10-4-1-5-11-16)21(27)24-17-12-6-2-7-13-17/h1-15,26H,23H2,(H,24,27)/b20-19+. The molecule has 0 fully saturated rings. The molecule has 3 rings (SSSR count). The Morgan fingerprint density at radius 2 is 1.29 bits per heavy atom. The third-order valence-corrected chi connectivity index (χ3v) is 4.01. The molecule has 3 aromatic rings. The van der Waals surface area contributed by atoms with Gasteiger partial charge >= 0.3 is 0 Å². The minimum Gasteiger partial charge on any atom is -0.506 e. The molecule has 0 spiro atoms. The van der Waals surface area contributed by atoms with E-state index in [4.69, 9.17) is 5.84 Å². The Morgan fingerprint density at radius 3 is 1.86 bits per heavy atom. The summed E-state index contributed by atoms with van der Waals surface area (Å²) in [6.07, 6.45) is 0. The number of carbonyl (C=O) groups is 2. The van der Waals surface area contributed by atoms with E-state index in [1.807, 2.05) is 0 Å². The zero-order chi connectivity index (χ0) is 19.9. The van der Waals surface area contributed by atoms with Crippen molar-refractivity contribution in [1.29, 1.82) is 0 Å². The van der Waals surface area contributed by atoms with Crippen LogP contribution in [0.5, 0.6) is 0 Å². The number of benzene rings is 3. The summed E-state index contributed by atoms with van der Waals surface area (Å²) in [5.41, 5.74) is 0.747. The van der Waals surface area contributed by atoms with Gasteiger partial charge in [0.15, 0.2) is 0 Å². The van der Waals surface area contributed by atoms with Gasteiger partial charge in [-0.15, -0.1) is 0 Å². The predicted molar refractivity (Wildman–Crippen MR) is 109 cm³/mol. The van der Waals surface area contributed by atoms with Crippen LogP contribution in [0, 0.1) is 0 Å². The van der Waals surface area contributed by atoms with Gasteiger partial charge < -0.3 is 10.4 Å². The molecule has 0 bridgehead atoms. The van der Waals surface area contributed by atoms with Gasteiger partial charge in [0.2, 0.25) is 0 Å². The Morgan fingerprint density at radius 1 is 0.786 bits per heavy atom. The number of nitrogens with one attached hydrogen (secondary N) is 1. The normalized spacial score (nSPS) is 11.3. The van der Waals surface area contributed by atoms with Gasteiger partial charge in [0.25, 0.3) is 11.8 Å². The van der Waals surface area contributed by atoms with E-state index in [-0.39, 0.29) is 0 Å². The zero-order valence-electron chi connectivity index (χ0n) is 14.9. The Labute approximate surface area is 162 Å². The quantitative estimate of drug-likeness (QED) is 0.121. The van der Waals surface area contributed by atoms with Gasteiger partial charge in [-0.05, 0) is 24.3 Å². The molecule has 0 saturated heterocycles. The van der Waals surface area contributed by atoms with E-state index in [1.165, 1.54) is 0 Å². The van der Waals surface area contributed by atoms with E-state index in [2.05, 4.69) is 5.32 Å².